The van der Waals surface area contributed by atoms with Crippen LogP contribution < -0.4 is 4.74 Å². The lowest BCUT2D eigenvalue weighted by atomic mass is 10.0. The molecule has 0 atom stereocenters. The summed E-state index contributed by atoms with van der Waals surface area (Å²) in [6.07, 6.45) is 1.36. The highest BCUT2D eigenvalue weighted by Gasteiger charge is 2.17. The van der Waals surface area contributed by atoms with Crippen molar-refractivity contribution in [1.29, 1.82) is 5.26 Å². The lowest BCUT2D eigenvalue weighted by Crippen LogP contribution is -1.95. The van der Waals surface area contributed by atoms with E-state index in [9.17, 15) is 25.5 Å². The standard InChI is InChI=1S/C16H11N3O5/c1-24-16-9-11(6-7-15(16)19(22)23)13(10-17)8-12-4-2-3-5-14(12)18(20)21/h2-9H,1H3. The van der Waals surface area contributed by atoms with Crippen molar-refractivity contribution in [1.82, 2.24) is 0 Å². The maximum absolute atomic E-state index is 11.0. The molecule has 0 saturated heterocycles. The average molecular weight is 325 g/mol. The summed E-state index contributed by atoms with van der Waals surface area (Å²) in [6, 6.07) is 11.9. The van der Waals surface area contributed by atoms with Crippen LogP contribution >= 0.6 is 0 Å². The van der Waals surface area contributed by atoms with Crippen molar-refractivity contribution in [3.8, 4) is 11.8 Å². The smallest absolute Gasteiger partial charge is 0.310 e. The average Bonchev–Trinajstić information content (AvgIpc) is 2.59. The minimum atomic E-state index is -0.597. The molecule has 0 bridgehead atoms. The molecule has 8 nitrogen and oxygen atoms in total. The van der Waals surface area contributed by atoms with Gasteiger partial charge in [0, 0.05) is 12.1 Å². The van der Waals surface area contributed by atoms with Crippen molar-refractivity contribution in [2.24, 2.45) is 0 Å². The lowest BCUT2D eigenvalue weighted by Gasteiger charge is -2.05. The van der Waals surface area contributed by atoms with Gasteiger partial charge in [-0.3, -0.25) is 20.2 Å². The van der Waals surface area contributed by atoms with Crippen LogP contribution in [0.5, 0.6) is 5.75 Å². The Labute approximate surface area is 136 Å². The molecular weight excluding hydrogens is 314 g/mol. The van der Waals surface area contributed by atoms with E-state index < -0.39 is 9.85 Å². The molecule has 0 aromatic heterocycles. The van der Waals surface area contributed by atoms with E-state index in [1.54, 1.807) is 6.07 Å². The van der Waals surface area contributed by atoms with Crippen LogP contribution in [0.25, 0.3) is 11.6 Å². The van der Waals surface area contributed by atoms with Gasteiger partial charge in [0.15, 0.2) is 5.75 Å². The highest BCUT2D eigenvalue weighted by Crippen LogP contribution is 2.31. The molecule has 0 amide bonds. The van der Waals surface area contributed by atoms with Gasteiger partial charge in [0.2, 0.25) is 0 Å². The lowest BCUT2D eigenvalue weighted by molar-refractivity contribution is -0.385. The molecule has 0 unspecified atom stereocenters. The Morgan fingerprint density at radius 3 is 2.38 bits per heavy atom. The van der Waals surface area contributed by atoms with Crippen LogP contribution in [0.3, 0.4) is 0 Å². The Morgan fingerprint density at radius 2 is 1.79 bits per heavy atom. The molecule has 0 radical (unpaired) electrons. The van der Waals surface area contributed by atoms with Gasteiger partial charge in [0.25, 0.3) is 5.69 Å². The molecule has 24 heavy (non-hydrogen) atoms. The van der Waals surface area contributed by atoms with Crippen molar-refractivity contribution < 1.29 is 14.6 Å². The first-order chi connectivity index (χ1) is 11.5. The molecule has 0 heterocycles. The van der Waals surface area contributed by atoms with E-state index in [0.29, 0.717) is 5.56 Å². The van der Waals surface area contributed by atoms with Crippen molar-refractivity contribution in [2.75, 3.05) is 7.11 Å². The Kier molecular flexibility index (Phi) is 4.87. The molecule has 2 aromatic rings. The third kappa shape index (κ3) is 3.36. The highest BCUT2D eigenvalue weighted by atomic mass is 16.6. The molecule has 0 spiro atoms. The van der Waals surface area contributed by atoms with Gasteiger partial charge in [0.05, 0.1) is 34.2 Å². The van der Waals surface area contributed by atoms with Crippen LogP contribution in [-0.2, 0) is 0 Å². The first kappa shape index (κ1) is 16.6. The molecule has 8 heteroatoms. The maximum Gasteiger partial charge on any atom is 0.310 e. The second kappa shape index (κ2) is 7.02. The number of para-hydroxylation sites is 1. The highest BCUT2D eigenvalue weighted by molar-refractivity contribution is 5.91. The van der Waals surface area contributed by atoms with Crippen LogP contribution in [0.2, 0.25) is 0 Å². The van der Waals surface area contributed by atoms with Crippen LogP contribution in [-0.4, -0.2) is 17.0 Å². The minimum Gasteiger partial charge on any atom is -0.490 e. The first-order valence-electron chi connectivity index (χ1n) is 6.66. The molecule has 2 rings (SSSR count). The predicted molar refractivity (Wildman–Crippen MR) is 86.2 cm³/mol. The van der Waals surface area contributed by atoms with Crippen molar-refractivity contribution >= 4 is 23.0 Å². The van der Waals surface area contributed by atoms with E-state index in [1.807, 2.05) is 6.07 Å². The summed E-state index contributed by atoms with van der Waals surface area (Å²) in [7, 11) is 1.28. The fraction of sp³-hybridized carbons (Fsp3) is 0.0625. The van der Waals surface area contributed by atoms with Gasteiger partial charge >= 0.3 is 5.69 Å². The van der Waals surface area contributed by atoms with E-state index in [4.69, 9.17) is 4.74 Å². The summed E-state index contributed by atoms with van der Waals surface area (Å²) in [5, 5.41) is 31.3. The Balaban J connectivity index is 2.56. The number of benzene rings is 2. The zero-order chi connectivity index (χ0) is 17.7. The van der Waals surface area contributed by atoms with Crippen LogP contribution in [0.4, 0.5) is 11.4 Å². The molecule has 0 aliphatic rings. The number of nitriles is 1. The molecule has 2 aromatic carbocycles. The van der Waals surface area contributed by atoms with Gasteiger partial charge in [-0.1, -0.05) is 12.1 Å². The number of rotatable bonds is 5. The molecule has 120 valence electrons. The summed E-state index contributed by atoms with van der Waals surface area (Å²) in [5.74, 6) is 0.00112. The Morgan fingerprint density at radius 1 is 1.12 bits per heavy atom. The molecular formula is C16H11N3O5. The number of methoxy groups -OCH3 is 1. The minimum absolute atomic E-state index is 0.00112. The molecule has 0 aliphatic heterocycles. The van der Waals surface area contributed by atoms with Gasteiger partial charge in [-0.05, 0) is 29.8 Å². The summed E-state index contributed by atoms with van der Waals surface area (Å²) in [6.45, 7) is 0. The van der Waals surface area contributed by atoms with E-state index >= 15 is 0 Å². The zero-order valence-electron chi connectivity index (χ0n) is 12.5. The SMILES string of the molecule is COc1cc(C(C#N)=Cc2ccccc2[N+](=O)[O-])ccc1[N+](=O)[O-]. The number of allylic oxidation sites excluding steroid dienone is 1. The van der Waals surface area contributed by atoms with E-state index in [1.165, 1.54) is 49.6 Å². The quantitative estimate of drug-likeness (QED) is 0.358. The van der Waals surface area contributed by atoms with Gasteiger partial charge in [0.1, 0.15) is 0 Å². The van der Waals surface area contributed by atoms with Crippen molar-refractivity contribution in [3.63, 3.8) is 0 Å². The van der Waals surface area contributed by atoms with Crippen molar-refractivity contribution in [3.05, 3.63) is 73.8 Å². The fourth-order valence-corrected chi connectivity index (χ4v) is 2.11. The second-order valence-corrected chi connectivity index (χ2v) is 4.63. The third-order valence-corrected chi connectivity index (χ3v) is 3.24. The van der Waals surface area contributed by atoms with Gasteiger partial charge in [-0.25, -0.2) is 0 Å². The van der Waals surface area contributed by atoms with E-state index in [0.717, 1.165) is 0 Å². The first-order valence-corrected chi connectivity index (χ1v) is 6.66. The summed E-state index contributed by atoms with van der Waals surface area (Å²) < 4.78 is 4.97. The normalized spacial score (nSPS) is 10.8. The summed E-state index contributed by atoms with van der Waals surface area (Å²) in [5.41, 5.74) is 0.371. The second-order valence-electron chi connectivity index (χ2n) is 4.63. The number of nitro benzene ring substituents is 2. The summed E-state index contributed by atoms with van der Waals surface area (Å²) in [4.78, 5) is 20.8. The van der Waals surface area contributed by atoms with Crippen molar-refractivity contribution in [2.45, 2.75) is 0 Å². The van der Waals surface area contributed by atoms with Crippen LogP contribution in [0.15, 0.2) is 42.5 Å². The zero-order valence-corrected chi connectivity index (χ0v) is 12.5. The fourth-order valence-electron chi connectivity index (χ4n) is 2.11. The Hall–Kier alpha value is -3.73. The van der Waals surface area contributed by atoms with Crippen LogP contribution in [0, 0.1) is 31.6 Å². The van der Waals surface area contributed by atoms with E-state index in [2.05, 4.69) is 0 Å². The number of nitro groups is 2. The molecule has 0 N–H and O–H groups in total. The number of hydrogen-bond donors (Lipinski definition) is 0. The topological polar surface area (TPSA) is 119 Å². The van der Waals surface area contributed by atoms with Crippen LogP contribution in [0.1, 0.15) is 11.1 Å². The molecule has 0 aliphatic carbocycles. The molecule has 0 fully saturated rings. The van der Waals surface area contributed by atoms with Gasteiger partial charge in [-0.2, -0.15) is 5.26 Å². The summed E-state index contributed by atoms with van der Waals surface area (Å²) >= 11 is 0. The monoisotopic (exact) mass is 325 g/mol. The largest absolute Gasteiger partial charge is 0.490 e. The predicted octanol–water partition coefficient (Wildman–Crippen LogP) is 3.58. The number of ether oxygens (including phenoxy) is 1. The maximum atomic E-state index is 11.0. The van der Waals surface area contributed by atoms with Gasteiger partial charge < -0.3 is 4.74 Å². The van der Waals surface area contributed by atoms with E-state index in [-0.39, 0.29) is 28.3 Å². The van der Waals surface area contributed by atoms with Gasteiger partial charge in [-0.15, -0.1) is 0 Å². The Bertz CT molecular complexity index is 884. The number of hydrogen-bond acceptors (Lipinski definition) is 6. The molecule has 0 saturated carbocycles. The third-order valence-electron chi connectivity index (χ3n) is 3.24. The number of nitrogens with zero attached hydrogens (tertiary/aromatic N) is 3.